The minimum absolute atomic E-state index is 0. The largest absolute Gasteiger partial charge is 0.489 e. The van der Waals surface area contributed by atoms with E-state index in [0.29, 0.717) is 32.1 Å². The molecule has 0 saturated carbocycles. The van der Waals surface area contributed by atoms with E-state index < -0.39 is 6.10 Å². The molecule has 1 aliphatic heterocycles. The highest BCUT2D eigenvalue weighted by molar-refractivity contribution is 5.85. The lowest BCUT2D eigenvalue weighted by Crippen LogP contribution is -2.47. The van der Waals surface area contributed by atoms with E-state index in [1.165, 1.54) is 12.1 Å². The maximum absolute atomic E-state index is 13.1. The van der Waals surface area contributed by atoms with Crippen LogP contribution >= 0.6 is 12.4 Å². The Morgan fingerprint density at radius 1 is 1.23 bits per heavy atom. The number of ether oxygens (including phenoxy) is 2. The molecule has 3 rings (SSSR count). The predicted molar refractivity (Wildman–Crippen MR) is 98.9 cm³/mol. The van der Waals surface area contributed by atoms with Gasteiger partial charge in [-0.05, 0) is 35.4 Å². The number of nitrogens with one attached hydrogen (secondary N) is 2. The number of halogens is 2. The smallest absolute Gasteiger partial charge is 0.250 e. The van der Waals surface area contributed by atoms with E-state index in [4.69, 9.17) is 9.47 Å². The van der Waals surface area contributed by atoms with Crippen LogP contribution in [0.5, 0.6) is 5.75 Å². The zero-order chi connectivity index (χ0) is 17.5. The third-order valence-corrected chi connectivity index (χ3v) is 3.90. The first-order chi connectivity index (χ1) is 12.2. The van der Waals surface area contributed by atoms with Crippen LogP contribution in [0.2, 0.25) is 0 Å². The second-order valence-electron chi connectivity index (χ2n) is 5.84. The molecule has 140 valence electrons. The van der Waals surface area contributed by atoms with E-state index in [1.807, 2.05) is 30.3 Å². The van der Waals surface area contributed by atoms with Crippen LogP contribution in [0, 0.1) is 5.82 Å². The SMILES string of the molecule is Cl.O=C(NCc1ccc(OCc2cccc(F)c2)cc1)C1CNCCO1. The van der Waals surface area contributed by atoms with Crippen molar-refractivity contribution in [2.24, 2.45) is 0 Å². The fourth-order valence-electron chi connectivity index (χ4n) is 2.53. The topological polar surface area (TPSA) is 59.6 Å². The van der Waals surface area contributed by atoms with Crippen molar-refractivity contribution in [3.63, 3.8) is 0 Å². The normalized spacial score (nSPS) is 16.4. The van der Waals surface area contributed by atoms with Crippen LogP contribution in [0.3, 0.4) is 0 Å². The first-order valence-corrected chi connectivity index (χ1v) is 8.27. The van der Waals surface area contributed by atoms with Gasteiger partial charge in [0.25, 0.3) is 5.91 Å². The van der Waals surface area contributed by atoms with Crippen molar-refractivity contribution in [2.75, 3.05) is 19.7 Å². The van der Waals surface area contributed by atoms with E-state index in [-0.39, 0.29) is 24.1 Å². The summed E-state index contributed by atoms with van der Waals surface area (Å²) < 4.78 is 24.2. The van der Waals surface area contributed by atoms with Crippen LogP contribution < -0.4 is 15.4 Å². The number of morpholine rings is 1. The fourth-order valence-corrected chi connectivity index (χ4v) is 2.53. The maximum atomic E-state index is 13.1. The Labute approximate surface area is 158 Å². The van der Waals surface area contributed by atoms with Crippen LogP contribution in [0.1, 0.15) is 11.1 Å². The molecular weight excluding hydrogens is 359 g/mol. The number of hydrogen-bond acceptors (Lipinski definition) is 4. The van der Waals surface area contributed by atoms with Crippen LogP contribution in [0.15, 0.2) is 48.5 Å². The molecule has 26 heavy (non-hydrogen) atoms. The molecule has 2 aromatic carbocycles. The summed E-state index contributed by atoms with van der Waals surface area (Å²) in [4.78, 5) is 12.0. The highest BCUT2D eigenvalue weighted by atomic mass is 35.5. The summed E-state index contributed by atoms with van der Waals surface area (Å²) in [6, 6.07) is 13.8. The van der Waals surface area contributed by atoms with Gasteiger partial charge in [0.1, 0.15) is 24.3 Å². The summed E-state index contributed by atoms with van der Waals surface area (Å²) in [7, 11) is 0. The van der Waals surface area contributed by atoms with Gasteiger partial charge in [0.15, 0.2) is 0 Å². The minimum Gasteiger partial charge on any atom is -0.489 e. The molecule has 0 radical (unpaired) electrons. The lowest BCUT2D eigenvalue weighted by molar-refractivity contribution is -0.134. The molecule has 2 N–H and O–H groups in total. The van der Waals surface area contributed by atoms with Crippen LogP contribution in [0.4, 0.5) is 4.39 Å². The molecule has 1 heterocycles. The van der Waals surface area contributed by atoms with E-state index >= 15 is 0 Å². The molecule has 7 heteroatoms. The summed E-state index contributed by atoms with van der Waals surface area (Å²) in [5.41, 5.74) is 1.74. The molecule has 1 unspecified atom stereocenters. The van der Waals surface area contributed by atoms with Gasteiger partial charge in [0.2, 0.25) is 0 Å². The quantitative estimate of drug-likeness (QED) is 0.808. The second-order valence-corrected chi connectivity index (χ2v) is 5.84. The first kappa shape index (κ1) is 20.2. The summed E-state index contributed by atoms with van der Waals surface area (Å²) in [5, 5.41) is 5.99. The standard InChI is InChI=1S/C19H21FN2O3.ClH/c20-16-3-1-2-15(10-16)13-25-17-6-4-14(5-7-17)11-22-19(23)18-12-21-8-9-24-18;/h1-7,10,18,21H,8-9,11-13H2,(H,22,23);1H. The molecule has 1 aliphatic rings. The molecule has 1 atom stereocenters. The van der Waals surface area contributed by atoms with Crippen molar-refractivity contribution in [1.82, 2.24) is 10.6 Å². The third kappa shape index (κ3) is 5.98. The van der Waals surface area contributed by atoms with Gasteiger partial charge >= 0.3 is 0 Å². The summed E-state index contributed by atoms with van der Waals surface area (Å²) in [6.45, 7) is 2.61. The monoisotopic (exact) mass is 380 g/mol. The van der Waals surface area contributed by atoms with E-state index in [0.717, 1.165) is 17.7 Å². The Morgan fingerprint density at radius 2 is 2.04 bits per heavy atom. The van der Waals surface area contributed by atoms with Crippen molar-refractivity contribution >= 4 is 18.3 Å². The zero-order valence-electron chi connectivity index (χ0n) is 14.2. The summed E-state index contributed by atoms with van der Waals surface area (Å²) in [6.07, 6.45) is -0.428. The van der Waals surface area contributed by atoms with Crippen molar-refractivity contribution < 1.29 is 18.7 Å². The first-order valence-electron chi connectivity index (χ1n) is 8.27. The fraction of sp³-hybridized carbons (Fsp3) is 0.316. The molecular formula is C19H22ClFN2O3. The molecule has 2 aromatic rings. The second kappa shape index (κ2) is 10.1. The highest BCUT2D eigenvalue weighted by Gasteiger charge is 2.21. The number of amides is 1. The van der Waals surface area contributed by atoms with Crippen LogP contribution in [-0.2, 0) is 22.7 Å². The third-order valence-electron chi connectivity index (χ3n) is 3.90. The van der Waals surface area contributed by atoms with E-state index in [1.54, 1.807) is 6.07 Å². The lowest BCUT2D eigenvalue weighted by atomic mass is 10.2. The maximum Gasteiger partial charge on any atom is 0.250 e. The van der Waals surface area contributed by atoms with Gasteiger partial charge in [-0.2, -0.15) is 0 Å². The Morgan fingerprint density at radius 3 is 2.73 bits per heavy atom. The van der Waals surface area contributed by atoms with E-state index in [9.17, 15) is 9.18 Å². The van der Waals surface area contributed by atoms with Gasteiger partial charge in [0.05, 0.1) is 6.61 Å². The Bertz CT molecular complexity index is 706. The highest BCUT2D eigenvalue weighted by Crippen LogP contribution is 2.15. The Balaban J connectivity index is 0.00000243. The lowest BCUT2D eigenvalue weighted by Gasteiger charge is -2.22. The van der Waals surface area contributed by atoms with Crippen molar-refractivity contribution in [1.29, 1.82) is 0 Å². The molecule has 0 spiro atoms. The Hall–Kier alpha value is -2.15. The van der Waals surface area contributed by atoms with Crippen molar-refractivity contribution in [3.05, 3.63) is 65.5 Å². The molecule has 1 saturated heterocycles. The van der Waals surface area contributed by atoms with Gasteiger partial charge in [-0.3, -0.25) is 4.79 Å². The number of carbonyl (C=O) groups is 1. The average Bonchev–Trinajstić information content (AvgIpc) is 2.66. The molecule has 0 aromatic heterocycles. The van der Waals surface area contributed by atoms with Crippen molar-refractivity contribution in [3.8, 4) is 5.75 Å². The molecule has 0 aliphatic carbocycles. The van der Waals surface area contributed by atoms with Gasteiger partial charge in [0, 0.05) is 19.6 Å². The van der Waals surface area contributed by atoms with Crippen LogP contribution in [-0.4, -0.2) is 31.7 Å². The number of hydrogen-bond donors (Lipinski definition) is 2. The number of rotatable bonds is 6. The molecule has 0 bridgehead atoms. The molecule has 1 amide bonds. The number of benzene rings is 2. The summed E-state index contributed by atoms with van der Waals surface area (Å²) in [5.74, 6) is 0.308. The summed E-state index contributed by atoms with van der Waals surface area (Å²) >= 11 is 0. The molecule has 5 nitrogen and oxygen atoms in total. The zero-order valence-corrected chi connectivity index (χ0v) is 15.1. The van der Waals surface area contributed by atoms with Crippen LogP contribution in [0.25, 0.3) is 0 Å². The van der Waals surface area contributed by atoms with Gasteiger partial charge < -0.3 is 20.1 Å². The minimum atomic E-state index is -0.428. The van der Waals surface area contributed by atoms with Gasteiger partial charge in [-0.1, -0.05) is 24.3 Å². The van der Waals surface area contributed by atoms with E-state index in [2.05, 4.69) is 10.6 Å². The number of carbonyl (C=O) groups excluding carboxylic acids is 1. The van der Waals surface area contributed by atoms with Crippen molar-refractivity contribution in [2.45, 2.75) is 19.3 Å². The van der Waals surface area contributed by atoms with Gasteiger partial charge in [-0.25, -0.2) is 4.39 Å². The predicted octanol–water partition coefficient (Wildman–Crippen LogP) is 2.43. The average molecular weight is 381 g/mol. The van der Waals surface area contributed by atoms with Gasteiger partial charge in [-0.15, -0.1) is 12.4 Å². The molecule has 1 fully saturated rings. The Kier molecular flexibility index (Phi) is 7.84.